The van der Waals surface area contributed by atoms with Crippen molar-refractivity contribution in [3.05, 3.63) is 46.7 Å². The van der Waals surface area contributed by atoms with E-state index in [1.807, 2.05) is 13.0 Å². The summed E-state index contributed by atoms with van der Waals surface area (Å²) in [6.45, 7) is 3.59. The van der Waals surface area contributed by atoms with E-state index in [1.54, 1.807) is 25.1 Å². The topological polar surface area (TPSA) is 99.3 Å². The van der Waals surface area contributed by atoms with E-state index in [9.17, 15) is 9.59 Å². The van der Waals surface area contributed by atoms with Gasteiger partial charge in [-0.3, -0.25) is 19.9 Å². The van der Waals surface area contributed by atoms with Crippen molar-refractivity contribution in [1.82, 2.24) is 10.2 Å². The average molecular weight is 300 g/mol. The number of hydrogen-bond acceptors (Lipinski definition) is 4. The standard InChI is InChI=1S/C16H20N4O2/c1-9-5-4-6-11(7-9)15(21)19-13-8-12(10(2)17)14(18)20(3)16(13)22/h4-7,13,18H,8,17H2,1-3H3,(H,19,21). The number of rotatable bonds is 2. The monoisotopic (exact) mass is 300 g/mol. The van der Waals surface area contributed by atoms with E-state index in [2.05, 4.69) is 5.32 Å². The van der Waals surface area contributed by atoms with Crippen LogP contribution in [0.15, 0.2) is 35.5 Å². The highest BCUT2D eigenvalue weighted by atomic mass is 16.2. The van der Waals surface area contributed by atoms with Gasteiger partial charge in [-0.2, -0.15) is 0 Å². The molecule has 1 heterocycles. The zero-order chi connectivity index (χ0) is 16.4. The first-order chi connectivity index (χ1) is 10.3. The predicted molar refractivity (Wildman–Crippen MR) is 84.4 cm³/mol. The summed E-state index contributed by atoms with van der Waals surface area (Å²) in [6, 6.07) is 6.45. The Morgan fingerprint density at radius 2 is 2.14 bits per heavy atom. The minimum absolute atomic E-state index is 0.0889. The van der Waals surface area contributed by atoms with Gasteiger partial charge in [-0.15, -0.1) is 0 Å². The first-order valence-corrected chi connectivity index (χ1v) is 7.00. The number of hydrogen-bond donors (Lipinski definition) is 3. The van der Waals surface area contributed by atoms with Gasteiger partial charge in [-0.1, -0.05) is 17.7 Å². The van der Waals surface area contributed by atoms with Crippen LogP contribution in [0.5, 0.6) is 0 Å². The van der Waals surface area contributed by atoms with E-state index in [0.29, 0.717) is 16.8 Å². The van der Waals surface area contributed by atoms with Gasteiger partial charge in [0.1, 0.15) is 11.9 Å². The molecule has 1 aliphatic rings. The molecule has 1 fully saturated rings. The molecule has 0 spiro atoms. The molecule has 6 heteroatoms. The Bertz CT molecular complexity index is 674. The van der Waals surface area contributed by atoms with Gasteiger partial charge in [0, 0.05) is 30.3 Å². The van der Waals surface area contributed by atoms with Crippen LogP contribution in [0.4, 0.5) is 0 Å². The Hall–Kier alpha value is -2.63. The molecule has 6 nitrogen and oxygen atoms in total. The van der Waals surface area contributed by atoms with Crippen LogP contribution >= 0.6 is 0 Å². The molecule has 1 aromatic rings. The number of amidine groups is 1. The van der Waals surface area contributed by atoms with Crippen LogP contribution in [-0.4, -0.2) is 35.6 Å². The Kier molecular flexibility index (Phi) is 4.30. The maximum atomic E-state index is 12.3. The van der Waals surface area contributed by atoms with Crippen LogP contribution in [0.25, 0.3) is 0 Å². The molecule has 0 aromatic heterocycles. The normalized spacial score (nSPS) is 20.9. The number of likely N-dealkylation sites (tertiary alicyclic amines) is 1. The summed E-state index contributed by atoms with van der Waals surface area (Å²) in [4.78, 5) is 25.8. The van der Waals surface area contributed by atoms with Crippen LogP contribution in [-0.2, 0) is 4.79 Å². The largest absolute Gasteiger partial charge is 0.402 e. The SMILES string of the molecule is CC(N)=C1CC(NC(=O)c2cccc(C)c2)C(=O)N(C)C1=N. The summed E-state index contributed by atoms with van der Waals surface area (Å²) in [6.07, 6.45) is 0.238. The van der Waals surface area contributed by atoms with E-state index in [1.165, 1.54) is 11.9 Å². The highest BCUT2D eigenvalue weighted by Crippen LogP contribution is 2.20. The van der Waals surface area contributed by atoms with Gasteiger partial charge in [0.2, 0.25) is 0 Å². The fraction of sp³-hybridized carbons (Fsp3) is 0.312. The molecule has 1 unspecified atom stereocenters. The highest BCUT2D eigenvalue weighted by Gasteiger charge is 2.34. The van der Waals surface area contributed by atoms with Crippen molar-refractivity contribution in [3.8, 4) is 0 Å². The van der Waals surface area contributed by atoms with E-state index in [4.69, 9.17) is 11.1 Å². The van der Waals surface area contributed by atoms with Crippen LogP contribution in [0, 0.1) is 12.3 Å². The Labute approximate surface area is 129 Å². The Morgan fingerprint density at radius 3 is 2.73 bits per heavy atom. The first kappa shape index (κ1) is 15.8. The van der Waals surface area contributed by atoms with Gasteiger partial charge >= 0.3 is 0 Å². The third kappa shape index (κ3) is 3.00. The van der Waals surface area contributed by atoms with Crippen molar-refractivity contribution in [2.75, 3.05) is 7.05 Å². The fourth-order valence-electron chi connectivity index (χ4n) is 2.42. The smallest absolute Gasteiger partial charge is 0.251 e. The van der Waals surface area contributed by atoms with E-state index < -0.39 is 6.04 Å². The van der Waals surface area contributed by atoms with Crippen LogP contribution in [0.1, 0.15) is 29.3 Å². The lowest BCUT2D eigenvalue weighted by atomic mass is 9.96. The summed E-state index contributed by atoms with van der Waals surface area (Å²) < 4.78 is 0. The molecule has 1 saturated heterocycles. The molecule has 0 radical (unpaired) electrons. The molecule has 0 aliphatic carbocycles. The lowest BCUT2D eigenvalue weighted by Crippen LogP contribution is -2.54. The van der Waals surface area contributed by atoms with Gasteiger partial charge in [-0.25, -0.2) is 0 Å². The maximum Gasteiger partial charge on any atom is 0.251 e. The van der Waals surface area contributed by atoms with Crippen molar-refractivity contribution in [2.45, 2.75) is 26.3 Å². The number of nitrogens with zero attached hydrogens (tertiary/aromatic N) is 1. The molecular weight excluding hydrogens is 280 g/mol. The van der Waals surface area contributed by atoms with Gasteiger partial charge < -0.3 is 11.1 Å². The number of likely N-dealkylation sites (N-methyl/N-ethyl adjacent to an activating group) is 1. The fourth-order valence-corrected chi connectivity index (χ4v) is 2.42. The van der Waals surface area contributed by atoms with E-state index >= 15 is 0 Å². The number of allylic oxidation sites excluding steroid dienone is 1. The first-order valence-electron chi connectivity index (χ1n) is 7.00. The number of aryl methyl sites for hydroxylation is 1. The molecule has 0 bridgehead atoms. The maximum absolute atomic E-state index is 12.3. The third-order valence-corrected chi connectivity index (χ3v) is 3.72. The molecule has 0 saturated carbocycles. The Morgan fingerprint density at radius 1 is 1.45 bits per heavy atom. The minimum atomic E-state index is -0.708. The van der Waals surface area contributed by atoms with E-state index in [0.717, 1.165) is 5.56 Å². The highest BCUT2D eigenvalue weighted by molar-refractivity contribution is 6.11. The van der Waals surface area contributed by atoms with Crippen LogP contribution < -0.4 is 11.1 Å². The lowest BCUT2D eigenvalue weighted by molar-refractivity contribution is -0.129. The molecule has 4 N–H and O–H groups in total. The molecule has 1 atom stereocenters. The van der Waals surface area contributed by atoms with Crippen molar-refractivity contribution >= 4 is 17.6 Å². The second-order valence-electron chi connectivity index (χ2n) is 5.51. The average Bonchev–Trinajstić information content (AvgIpc) is 2.47. The number of benzene rings is 1. The minimum Gasteiger partial charge on any atom is -0.402 e. The van der Waals surface area contributed by atoms with E-state index in [-0.39, 0.29) is 24.1 Å². The van der Waals surface area contributed by atoms with Crippen molar-refractivity contribution in [3.63, 3.8) is 0 Å². The molecule has 1 aromatic carbocycles. The van der Waals surface area contributed by atoms with Crippen molar-refractivity contribution in [1.29, 1.82) is 5.41 Å². The van der Waals surface area contributed by atoms with Crippen LogP contribution in [0.2, 0.25) is 0 Å². The summed E-state index contributed by atoms with van der Waals surface area (Å²) in [7, 11) is 1.51. The number of nitrogens with two attached hydrogens (primary N) is 1. The third-order valence-electron chi connectivity index (χ3n) is 3.72. The molecular formula is C16H20N4O2. The second-order valence-corrected chi connectivity index (χ2v) is 5.51. The summed E-state index contributed by atoms with van der Waals surface area (Å²) in [5.74, 6) is -0.528. The van der Waals surface area contributed by atoms with Crippen molar-refractivity contribution in [2.24, 2.45) is 5.73 Å². The van der Waals surface area contributed by atoms with Gasteiger partial charge in [0.05, 0.1) is 0 Å². The number of amides is 2. The van der Waals surface area contributed by atoms with Gasteiger partial charge in [0.25, 0.3) is 11.8 Å². The van der Waals surface area contributed by atoms with Crippen LogP contribution in [0.3, 0.4) is 0 Å². The van der Waals surface area contributed by atoms with Crippen molar-refractivity contribution < 1.29 is 9.59 Å². The second kappa shape index (κ2) is 6.01. The van der Waals surface area contributed by atoms with Gasteiger partial charge in [-0.05, 0) is 26.0 Å². The summed E-state index contributed by atoms with van der Waals surface area (Å²) >= 11 is 0. The molecule has 116 valence electrons. The zero-order valence-electron chi connectivity index (χ0n) is 12.9. The molecule has 2 rings (SSSR count). The number of piperidine rings is 1. The number of carbonyl (C=O) groups is 2. The zero-order valence-corrected chi connectivity index (χ0v) is 12.9. The number of nitrogens with one attached hydrogen (secondary N) is 2. The Balaban J connectivity index is 2.21. The predicted octanol–water partition coefficient (Wildman–Crippen LogP) is 1.17. The van der Waals surface area contributed by atoms with Gasteiger partial charge in [0.15, 0.2) is 0 Å². The number of carbonyl (C=O) groups excluding carboxylic acids is 2. The lowest BCUT2D eigenvalue weighted by Gasteiger charge is -2.32. The summed E-state index contributed by atoms with van der Waals surface area (Å²) in [5.41, 5.74) is 8.32. The molecule has 1 aliphatic heterocycles. The molecule has 2 amide bonds. The quantitative estimate of drug-likeness (QED) is 0.764. The summed E-state index contributed by atoms with van der Waals surface area (Å²) in [5, 5.41) is 10.7. The molecule has 22 heavy (non-hydrogen) atoms.